The van der Waals surface area contributed by atoms with Crippen LogP contribution in [0.1, 0.15) is 11.1 Å². The van der Waals surface area contributed by atoms with Gasteiger partial charge >= 0.3 is 0 Å². The van der Waals surface area contributed by atoms with E-state index in [1.165, 1.54) is 5.56 Å². The summed E-state index contributed by atoms with van der Waals surface area (Å²) < 4.78 is 0. The molecule has 1 aromatic heterocycles. The van der Waals surface area contributed by atoms with E-state index in [4.69, 9.17) is 0 Å². The lowest BCUT2D eigenvalue weighted by atomic mass is 10.1. The molecule has 0 saturated heterocycles. The van der Waals surface area contributed by atoms with Crippen LogP contribution in [0.3, 0.4) is 0 Å². The monoisotopic (exact) mass is 253 g/mol. The molecule has 4 heteroatoms. The van der Waals surface area contributed by atoms with Crippen molar-refractivity contribution in [1.82, 2.24) is 4.98 Å². The number of aromatic nitrogens is 1. The maximum absolute atomic E-state index is 12.2. The van der Waals surface area contributed by atoms with Gasteiger partial charge in [-0.1, -0.05) is 18.2 Å². The summed E-state index contributed by atoms with van der Waals surface area (Å²) in [5, 5.41) is 6.08. The number of benzene rings is 1. The molecule has 2 heterocycles. The third-order valence-electron chi connectivity index (χ3n) is 3.25. The maximum atomic E-state index is 12.2. The topological polar surface area (TPSA) is 54.0 Å². The highest BCUT2D eigenvalue weighted by Crippen LogP contribution is 2.25. The number of carbonyl (C=O) groups is 1. The lowest BCUT2D eigenvalue weighted by Gasteiger charge is -2.11. The molecule has 0 spiro atoms. The largest absolute Gasteiger partial charge is 0.373 e. The summed E-state index contributed by atoms with van der Waals surface area (Å²) in [6.07, 6.45) is 2.41. The summed E-state index contributed by atoms with van der Waals surface area (Å²) in [6, 6.07) is 11.5. The van der Waals surface area contributed by atoms with Crippen molar-refractivity contribution in [2.24, 2.45) is 0 Å². The molecule has 4 nitrogen and oxygen atoms in total. The first-order valence-electron chi connectivity index (χ1n) is 6.30. The van der Waals surface area contributed by atoms with Crippen LogP contribution in [0, 0.1) is 6.92 Å². The van der Waals surface area contributed by atoms with Gasteiger partial charge in [-0.05, 0) is 36.2 Å². The number of aryl methyl sites for hydroxylation is 1. The lowest BCUT2D eigenvalue weighted by molar-refractivity contribution is -0.116. The van der Waals surface area contributed by atoms with Crippen LogP contribution >= 0.6 is 0 Å². The second-order valence-corrected chi connectivity index (χ2v) is 4.77. The zero-order valence-corrected chi connectivity index (χ0v) is 10.7. The first-order valence-corrected chi connectivity index (χ1v) is 6.30. The van der Waals surface area contributed by atoms with Gasteiger partial charge in [0, 0.05) is 18.3 Å². The highest BCUT2D eigenvalue weighted by molar-refractivity contribution is 5.97. The quantitative estimate of drug-likeness (QED) is 0.864. The number of fused-ring (bicyclic) bond motifs is 1. The average Bonchev–Trinajstić information content (AvgIpc) is 2.82. The van der Waals surface area contributed by atoms with Crippen molar-refractivity contribution in [2.75, 3.05) is 10.6 Å². The van der Waals surface area contributed by atoms with Crippen molar-refractivity contribution in [3.63, 3.8) is 0 Å². The number of hydrogen-bond acceptors (Lipinski definition) is 3. The van der Waals surface area contributed by atoms with Gasteiger partial charge < -0.3 is 10.6 Å². The molecule has 1 aliphatic rings. The molecule has 96 valence electrons. The van der Waals surface area contributed by atoms with Gasteiger partial charge in [0.05, 0.1) is 0 Å². The zero-order chi connectivity index (χ0) is 13.2. The molecule has 1 amide bonds. The van der Waals surface area contributed by atoms with E-state index in [0.717, 1.165) is 11.3 Å². The van der Waals surface area contributed by atoms with Crippen molar-refractivity contribution in [1.29, 1.82) is 0 Å². The van der Waals surface area contributed by atoms with E-state index in [1.54, 1.807) is 6.20 Å². The molecule has 0 unspecified atom stereocenters. The van der Waals surface area contributed by atoms with E-state index in [0.29, 0.717) is 12.2 Å². The maximum Gasteiger partial charge on any atom is 0.248 e. The first-order chi connectivity index (χ1) is 9.22. The van der Waals surface area contributed by atoms with Crippen LogP contribution in [0.4, 0.5) is 11.5 Å². The Morgan fingerprint density at radius 2 is 2.21 bits per heavy atom. The molecule has 1 aromatic carbocycles. The Labute approximate surface area is 111 Å². The number of amides is 1. The molecule has 0 fully saturated rings. The van der Waals surface area contributed by atoms with Crippen LogP contribution in [0.5, 0.6) is 0 Å². The summed E-state index contributed by atoms with van der Waals surface area (Å²) in [6.45, 7) is 1.97. The van der Waals surface area contributed by atoms with E-state index in [9.17, 15) is 4.79 Å². The number of nitrogens with zero attached hydrogens (tertiary/aromatic N) is 1. The van der Waals surface area contributed by atoms with Gasteiger partial charge in [0.15, 0.2) is 0 Å². The normalized spacial score (nSPS) is 16.6. The summed E-state index contributed by atoms with van der Waals surface area (Å²) >= 11 is 0. The third kappa shape index (κ3) is 2.42. The second-order valence-electron chi connectivity index (χ2n) is 4.77. The Hall–Kier alpha value is -2.36. The Morgan fingerprint density at radius 1 is 1.37 bits per heavy atom. The second kappa shape index (κ2) is 4.72. The van der Waals surface area contributed by atoms with Crippen molar-refractivity contribution >= 4 is 17.4 Å². The van der Waals surface area contributed by atoms with Gasteiger partial charge in [0.25, 0.3) is 0 Å². The summed E-state index contributed by atoms with van der Waals surface area (Å²) in [4.78, 5) is 16.3. The minimum absolute atomic E-state index is 0.0469. The molecular weight excluding hydrogens is 238 g/mol. The Balaban J connectivity index is 1.70. The van der Waals surface area contributed by atoms with Crippen molar-refractivity contribution in [3.05, 3.63) is 53.7 Å². The highest BCUT2D eigenvalue weighted by atomic mass is 16.2. The predicted molar refractivity (Wildman–Crippen MR) is 75.2 cm³/mol. The fourth-order valence-electron chi connectivity index (χ4n) is 2.27. The average molecular weight is 253 g/mol. The van der Waals surface area contributed by atoms with Crippen LogP contribution in [0.25, 0.3) is 0 Å². The van der Waals surface area contributed by atoms with Crippen molar-refractivity contribution in [3.8, 4) is 0 Å². The SMILES string of the molecule is Cc1ccnc(NC(=O)[C@@H]2Cc3ccccc3N2)c1. The first kappa shape index (κ1) is 11.7. The van der Waals surface area contributed by atoms with Crippen molar-refractivity contribution < 1.29 is 4.79 Å². The molecule has 0 bridgehead atoms. The minimum atomic E-state index is -0.222. The molecule has 2 N–H and O–H groups in total. The van der Waals surface area contributed by atoms with Gasteiger partial charge in [-0.15, -0.1) is 0 Å². The van der Waals surface area contributed by atoms with Gasteiger partial charge in [0.1, 0.15) is 11.9 Å². The number of rotatable bonds is 2. The molecule has 19 heavy (non-hydrogen) atoms. The van der Waals surface area contributed by atoms with Gasteiger partial charge in [-0.2, -0.15) is 0 Å². The molecule has 2 aromatic rings. The molecular formula is C15H15N3O. The van der Waals surface area contributed by atoms with E-state index >= 15 is 0 Å². The number of hydrogen-bond donors (Lipinski definition) is 2. The van der Waals surface area contributed by atoms with Crippen LogP contribution in [-0.4, -0.2) is 16.9 Å². The summed E-state index contributed by atoms with van der Waals surface area (Å²) in [7, 11) is 0. The molecule has 1 aliphatic heterocycles. The van der Waals surface area contributed by atoms with Crippen LogP contribution < -0.4 is 10.6 Å². The van der Waals surface area contributed by atoms with Crippen LogP contribution in [0.15, 0.2) is 42.6 Å². The van der Waals surface area contributed by atoms with Crippen LogP contribution in [0.2, 0.25) is 0 Å². The van der Waals surface area contributed by atoms with Gasteiger partial charge in [-0.25, -0.2) is 4.98 Å². The fraction of sp³-hybridized carbons (Fsp3) is 0.200. The van der Waals surface area contributed by atoms with Crippen LogP contribution in [-0.2, 0) is 11.2 Å². The highest BCUT2D eigenvalue weighted by Gasteiger charge is 2.26. The fourth-order valence-corrected chi connectivity index (χ4v) is 2.27. The molecule has 0 aliphatic carbocycles. The number of nitrogens with one attached hydrogen (secondary N) is 2. The van der Waals surface area contributed by atoms with E-state index in [-0.39, 0.29) is 11.9 Å². The Kier molecular flexibility index (Phi) is 2.91. The van der Waals surface area contributed by atoms with Crippen molar-refractivity contribution in [2.45, 2.75) is 19.4 Å². The number of carbonyl (C=O) groups excluding carboxylic acids is 1. The number of pyridine rings is 1. The van der Waals surface area contributed by atoms with Gasteiger partial charge in [-0.3, -0.25) is 4.79 Å². The minimum Gasteiger partial charge on any atom is -0.373 e. The zero-order valence-electron chi connectivity index (χ0n) is 10.7. The predicted octanol–water partition coefficient (Wildman–Crippen LogP) is 2.37. The Morgan fingerprint density at radius 3 is 3.00 bits per heavy atom. The Bertz CT molecular complexity index is 599. The van der Waals surface area contributed by atoms with E-state index < -0.39 is 0 Å². The molecule has 0 radical (unpaired) electrons. The standard InChI is InChI=1S/C15H15N3O/c1-10-6-7-16-14(8-10)18-15(19)13-9-11-4-2-3-5-12(11)17-13/h2-8,13,17H,9H2,1H3,(H,16,18,19)/t13-/m0/s1. The third-order valence-corrected chi connectivity index (χ3v) is 3.25. The summed E-state index contributed by atoms with van der Waals surface area (Å²) in [5.74, 6) is 0.553. The lowest BCUT2D eigenvalue weighted by Crippen LogP contribution is -2.33. The smallest absolute Gasteiger partial charge is 0.248 e. The number of para-hydroxylation sites is 1. The molecule has 0 saturated carbocycles. The molecule has 1 atom stereocenters. The van der Waals surface area contributed by atoms with E-state index in [1.807, 2.05) is 43.3 Å². The summed E-state index contributed by atoms with van der Waals surface area (Å²) in [5.41, 5.74) is 3.30. The van der Waals surface area contributed by atoms with Gasteiger partial charge in [0.2, 0.25) is 5.91 Å². The van der Waals surface area contributed by atoms with E-state index in [2.05, 4.69) is 15.6 Å². The molecule has 3 rings (SSSR count). The number of anilines is 2.